The third-order valence-electron chi connectivity index (χ3n) is 6.41. The second kappa shape index (κ2) is 7.58. The number of thioether (sulfide) groups is 1. The van der Waals surface area contributed by atoms with Gasteiger partial charge in [-0.25, -0.2) is 4.79 Å². The topological polar surface area (TPSA) is 87.1 Å². The molecule has 0 spiro atoms. The van der Waals surface area contributed by atoms with Crippen molar-refractivity contribution in [1.29, 1.82) is 0 Å². The van der Waals surface area contributed by atoms with Crippen LogP contribution < -0.4 is 9.47 Å². The zero-order valence-electron chi connectivity index (χ0n) is 18.2. The average Bonchev–Trinajstić information content (AvgIpc) is 3.50. The summed E-state index contributed by atoms with van der Waals surface area (Å²) in [6, 6.07) is 6.78. The van der Waals surface area contributed by atoms with Crippen LogP contribution in [0.15, 0.2) is 24.3 Å². The highest BCUT2D eigenvalue weighted by atomic mass is 32.2. The van der Waals surface area contributed by atoms with Crippen molar-refractivity contribution in [3.8, 4) is 17.2 Å². The number of ether oxygens (including phenoxy) is 3. The number of fused-ring (bicyclic) bond motifs is 2. The Kier molecular flexibility index (Phi) is 4.96. The van der Waals surface area contributed by atoms with Crippen LogP contribution in [0.4, 0.5) is 0 Å². The molecule has 3 aliphatic rings. The minimum absolute atomic E-state index is 0.0296. The van der Waals surface area contributed by atoms with Crippen LogP contribution in [0.5, 0.6) is 11.5 Å². The molecule has 4 heterocycles. The summed E-state index contributed by atoms with van der Waals surface area (Å²) in [5.41, 5.74) is 2.98. The monoisotopic (exact) mass is 456 g/mol. The number of benzene rings is 1. The summed E-state index contributed by atoms with van der Waals surface area (Å²) < 4.78 is 18.2. The maximum absolute atomic E-state index is 12.9. The molecule has 5 rings (SSSR count). The lowest BCUT2D eigenvalue weighted by atomic mass is 10.1. The number of esters is 1. The molecule has 32 heavy (non-hydrogen) atoms. The number of nitrogens with zero attached hydrogens (tertiary/aromatic N) is 2. The number of carbonyl (C=O) groups excluding carboxylic acids is 3. The number of aryl methyl sites for hydroxylation is 1. The van der Waals surface area contributed by atoms with E-state index in [1.807, 2.05) is 43.5 Å². The van der Waals surface area contributed by atoms with Crippen molar-refractivity contribution in [3.05, 3.63) is 41.2 Å². The Morgan fingerprint density at radius 1 is 1.22 bits per heavy atom. The lowest BCUT2D eigenvalue weighted by Crippen LogP contribution is -2.46. The minimum atomic E-state index is -0.631. The van der Waals surface area contributed by atoms with E-state index in [2.05, 4.69) is 0 Å². The van der Waals surface area contributed by atoms with Crippen LogP contribution in [0.2, 0.25) is 0 Å². The van der Waals surface area contributed by atoms with Gasteiger partial charge in [0.05, 0.1) is 4.87 Å². The van der Waals surface area contributed by atoms with Crippen LogP contribution in [0.1, 0.15) is 41.5 Å². The normalized spacial score (nSPS) is 23.5. The van der Waals surface area contributed by atoms with Gasteiger partial charge in [-0.15, -0.1) is 11.8 Å². The smallest absolute Gasteiger partial charge is 0.330 e. The highest BCUT2D eigenvalue weighted by Gasteiger charge is 2.53. The SMILES string of the molecule is Cc1cc(C(=O)COC(=O)C2CSC3(C)CCC(=O)N23)c(C)n1-c1ccc2c(c1)OCO2. The zero-order valence-corrected chi connectivity index (χ0v) is 19.0. The fraction of sp³-hybridized carbons (Fsp3) is 0.435. The molecule has 0 bridgehead atoms. The summed E-state index contributed by atoms with van der Waals surface area (Å²) in [4.78, 5) is 39.1. The van der Waals surface area contributed by atoms with Crippen molar-refractivity contribution in [3.63, 3.8) is 0 Å². The van der Waals surface area contributed by atoms with Crippen molar-refractivity contribution in [1.82, 2.24) is 9.47 Å². The average molecular weight is 457 g/mol. The van der Waals surface area contributed by atoms with E-state index < -0.39 is 12.0 Å². The number of hydrogen-bond acceptors (Lipinski definition) is 7. The number of hydrogen-bond donors (Lipinski definition) is 0. The van der Waals surface area contributed by atoms with Crippen molar-refractivity contribution in [2.24, 2.45) is 0 Å². The van der Waals surface area contributed by atoms with Crippen LogP contribution >= 0.6 is 11.8 Å². The van der Waals surface area contributed by atoms with Gasteiger partial charge in [0.25, 0.3) is 0 Å². The molecule has 9 heteroatoms. The first-order valence-electron chi connectivity index (χ1n) is 10.5. The molecule has 2 atom stereocenters. The molecule has 1 amide bonds. The van der Waals surface area contributed by atoms with Crippen LogP contribution in [-0.2, 0) is 14.3 Å². The number of carbonyl (C=O) groups is 3. The molecule has 0 N–H and O–H groups in total. The molecule has 8 nitrogen and oxygen atoms in total. The van der Waals surface area contributed by atoms with Gasteiger partial charge in [0, 0.05) is 40.9 Å². The van der Waals surface area contributed by atoms with Gasteiger partial charge in [0.2, 0.25) is 18.5 Å². The van der Waals surface area contributed by atoms with Crippen molar-refractivity contribution >= 4 is 29.4 Å². The second-order valence-electron chi connectivity index (χ2n) is 8.45. The first kappa shape index (κ1) is 20.9. The third kappa shape index (κ3) is 3.26. The highest BCUT2D eigenvalue weighted by Crippen LogP contribution is 2.47. The standard InChI is InChI=1S/C23H24N2O6S/c1-13-8-16(14(2)24(13)15-4-5-19-20(9-15)31-12-30-19)18(26)10-29-22(28)17-11-32-23(3)7-6-21(27)25(17)23/h4-5,8-9,17H,6-7,10-12H2,1-3H3. The van der Waals surface area contributed by atoms with Gasteiger partial charge in [-0.3, -0.25) is 9.59 Å². The van der Waals surface area contributed by atoms with Crippen LogP contribution in [0.3, 0.4) is 0 Å². The first-order chi connectivity index (χ1) is 15.3. The second-order valence-corrected chi connectivity index (χ2v) is 9.96. The molecular weight excluding hydrogens is 432 g/mol. The summed E-state index contributed by atoms with van der Waals surface area (Å²) >= 11 is 1.60. The molecule has 1 aromatic heterocycles. The molecule has 2 unspecified atom stereocenters. The number of amides is 1. The molecule has 2 fully saturated rings. The molecular formula is C23H24N2O6S. The molecule has 168 valence electrons. The number of Topliss-reactive ketones (excluding diaryl/α,β-unsaturated/α-hetero) is 1. The Hall–Kier alpha value is -2.94. The number of ketones is 1. The molecule has 3 aliphatic heterocycles. The maximum Gasteiger partial charge on any atom is 0.330 e. The van der Waals surface area contributed by atoms with Gasteiger partial charge >= 0.3 is 5.97 Å². The van der Waals surface area contributed by atoms with Gasteiger partial charge < -0.3 is 23.7 Å². The van der Waals surface area contributed by atoms with E-state index in [9.17, 15) is 14.4 Å². The summed E-state index contributed by atoms with van der Waals surface area (Å²) in [7, 11) is 0. The molecule has 0 aliphatic carbocycles. The summed E-state index contributed by atoms with van der Waals surface area (Å²) in [5, 5.41) is 0. The minimum Gasteiger partial charge on any atom is -0.456 e. The zero-order chi connectivity index (χ0) is 22.6. The van der Waals surface area contributed by atoms with E-state index in [-0.39, 0.29) is 30.0 Å². The molecule has 1 aromatic carbocycles. The van der Waals surface area contributed by atoms with Crippen molar-refractivity contribution in [2.45, 2.75) is 44.5 Å². The van der Waals surface area contributed by atoms with Gasteiger partial charge in [-0.05, 0) is 45.4 Å². The number of rotatable bonds is 5. The largest absolute Gasteiger partial charge is 0.456 e. The maximum atomic E-state index is 12.9. The Morgan fingerprint density at radius 3 is 2.81 bits per heavy atom. The van der Waals surface area contributed by atoms with Crippen LogP contribution in [0, 0.1) is 13.8 Å². The third-order valence-corrected chi connectivity index (χ3v) is 7.91. The highest BCUT2D eigenvalue weighted by molar-refractivity contribution is 8.01. The fourth-order valence-electron chi connectivity index (χ4n) is 4.77. The van der Waals surface area contributed by atoms with E-state index >= 15 is 0 Å². The van der Waals surface area contributed by atoms with Crippen LogP contribution in [0.25, 0.3) is 5.69 Å². The van der Waals surface area contributed by atoms with Gasteiger partial charge in [-0.2, -0.15) is 0 Å². The first-order valence-corrected chi connectivity index (χ1v) is 11.5. The Bertz CT molecular complexity index is 1140. The summed E-state index contributed by atoms with van der Waals surface area (Å²) in [5.74, 6) is 1.02. The van der Waals surface area contributed by atoms with Gasteiger partial charge in [0.1, 0.15) is 6.04 Å². The van der Waals surface area contributed by atoms with Gasteiger partial charge in [-0.1, -0.05) is 0 Å². The van der Waals surface area contributed by atoms with Crippen molar-refractivity contribution in [2.75, 3.05) is 19.2 Å². The quantitative estimate of drug-likeness (QED) is 0.505. The van der Waals surface area contributed by atoms with Crippen LogP contribution in [-0.4, -0.2) is 57.2 Å². The van der Waals surface area contributed by atoms with E-state index in [1.165, 1.54) is 0 Å². The molecule has 2 saturated heterocycles. The summed E-state index contributed by atoms with van der Waals surface area (Å²) in [6.45, 7) is 5.58. The Labute approximate surface area is 189 Å². The van der Waals surface area contributed by atoms with E-state index in [4.69, 9.17) is 14.2 Å². The fourth-order valence-corrected chi connectivity index (χ4v) is 6.19. The lowest BCUT2D eigenvalue weighted by Gasteiger charge is -2.29. The lowest BCUT2D eigenvalue weighted by molar-refractivity contribution is -0.152. The predicted octanol–water partition coefficient (Wildman–Crippen LogP) is 3.00. The van der Waals surface area contributed by atoms with E-state index in [1.54, 1.807) is 22.7 Å². The Morgan fingerprint density at radius 2 is 2.00 bits per heavy atom. The predicted molar refractivity (Wildman–Crippen MR) is 117 cm³/mol. The van der Waals surface area contributed by atoms with E-state index in [0.29, 0.717) is 29.2 Å². The number of aromatic nitrogens is 1. The summed E-state index contributed by atoms with van der Waals surface area (Å²) in [6.07, 6.45) is 1.17. The Balaban J connectivity index is 1.30. The molecule has 0 radical (unpaired) electrons. The molecule has 2 aromatic rings. The molecule has 0 saturated carbocycles. The van der Waals surface area contributed by atoms with Crippen molar-refractivity contribution < 1.29 is 28.6 Å². The van der Waals surface area contributed by atoms with E-state index in [0.717, 1.165) is 23.5 Å². The van der Waals surface area contributed by atoms with Gasteiger partial charge in [0.15, 0.2) is 18.1 Å².